The Morgan fingerprint density at radius 3 is 2.58 bits per heavy atom. The second-order valence-corrected chi connectivity index (χ2v) is 6.00. The number of amides is 1. The molecular formula is C13H18N2O4. The first-order valence-corrected chi connectivity index (χ1v) is 6.29. The summed E-state index contributed by atoms with van der Waals surface area (Å²) < 4.78 is 5.08. The highest BCUT2D eigenvalue weighted by atomic mass is 16.5. The number of aromatic nitrogens is 1. The monoisotopic (exact) mass is 266 g/mol. The third kappa shape index (κ3) is 3.13. The molecule has 0 aliphatic heterocycles. The molecule has 1 aromatic heterocycles. The first kappa shape index (κ1) is 13.6. The zero-order valence-electron chi connectivity index (χ0n) is 11.3. The summed E-state index contributed by atoms with van der Waals surface area (Å²) in [6.45, 7) is 5.26. The van der Waals surface area contributed by atoms with Crippen molar-refractivity contribution in [3.63, 3.8) is 0 Å². The summed E-state index contributed by atoms with van der Waals surface area (Å²) in [5, 5.41) is 15.3. The number of hydrogen-bond acceptors (Lipinski definition) is 4. The number of carboxylic acid groups (broad SMARTS) is 1. The van der Waals surface area contributed by atoms with Gasteiger partial charge in [-0.15, -0.1) is 0 Å². The lowest BCUT2D eigenvalue weighted by atomic mass is 9.86. The van der Waals surface area contributed by atoms with E-state index in [1.165, 1.54) is 0 Å². The van der Waals surface area contributed by atoms with Gasteiger partial charge in [0.15, 0.2) is 5.69 Å². The van der Waals surface area contributed by atoms with Gasteiger partial charge in [-0.3, -0.25) is 4.79 Å². The van der Waals surface area contributed by atoms with Gasteiger partial charge >= 0.3 is 5.97 Å². The fraction of sp³-hybridized carbons (Fsp3) is 0.615. The molecule has 2 rings (SSSR count). The number of aliphatic carboxylic acids is 1. The van der Waals surface area contributed by atoms with Crippen molar-refractivity contribution in [1.82, 2.24) is 10.5 Å². The molecular weight excluding hydrogens is 248 g/mol. The van der Waals surface area contributed by atoms with Crippen molar-refractivity contribution in [2.24, 2.45) is 5.41 Å². The fourth-order valence-electron chi connectivity index (χ4n) is 1.81. The normalized spacial score (nSPS) is 17.0. The minimum absolute atomic E-state index is 0.136. The van der Waals surface area contributed by atoms with Gasteiger partial charge in [-0.2, -0.15) is 0 Å². The molecule has 1 atom stereocenters. The number of carbonyl (C=O) groups is 2. The summed E-state index contributed by atoms with van der Waals surface area (Å²) in [6, 6.07) is 0.621. The van der Waals surface area contributed by atoms with E-state index in [1.807, 2.05) is 0 Å². The molecule has 1 amide bonds. The minimum Gasteiger partial charge on any atom is -0.480 e. The Morgan fingerprint density at radius 2 is 2.11 bits per heavy atom. The Kier molecular flexibility index (Phi) is 3.34. The number of rotatable bonds is 4. The van der Waals surface area contributed by atoms with Gasteiger partial charge in [0.1, 0.15) is 11.8 Å². The van der Waals surface area contributed by atoms with Crippen LogP contribution in [0.15, 0.2) is 10.6 Å². The number of carbonyl (C=O) groups excluding carboxylic acids is 1. The molecule has 1 heterocycles. The van der Waals surface area contributed by atoms with Crippen LogP contribution in [0.3, 0.4) is 0 Å². The van der Waals surface area contributed by atoms with Crippen molar-refractivity contribution in [2.75, 3.05) is 0 Å². The molecule has 1 aromatic rings. The second-order valence-electron chi connectivity index (χ2n) is 6.00. The molecule has 1 saturated carbocycles. The van der Waals surface area contributed by atoms with Crippen molar-refractivity contribution in [1.29, 1.82) is 0 Å². The fourth-order valence-corrected chi connectivity index (χ4v) is 1.81. The molecule has 19 heavy (non-hydrogen) atoms. The lowest BCUT2D eigenvalue weighted by Gasteiger charge is -2.27. The van der Waals surface area contributed by atoms with Crippen LogP contribution in [0.2, 0.25) is 0 Å². The summed E-state index contributed by atoms with van der Waals surface area (Å²) in [5.74, 6) is -0.510. The highest BCUT2D eigenvalue weighted by Gasteiger charge is 2.34. The zero-order chi connectivity index (χ0) is 14.2. The molecule has 2 N–H and O–H groups in total. The van der Waals surface area contributed by atoms with E-state index in [0.29, 0.717) is 11.7 Å². The molecule has 0 saturated heterocycles. The van der Waals surface area contributed by atoms with Crippen molar-refractivity contribution in [3.8, 4) is 0 Å². The Labute approximate surface area is 111 Å². The maximum atomic E-state index is 12.0. The standard InChI is InChI=1S/C13H18N2O4/c1-13(2,3)10(12(17)18)14-11(16)8-6-9(19-15-8)7-4-5-7/h6-7,10H,4-5H2,1-3H3,(H,14,16)(H,17,18)/t10-/m1/s1. The highest BCUT2D eigenvalue weighted by molar-refractivity contribution is 5.95. The second kappa shape index (κ2) is 4.68. The molecule has 104 valence electrons. The van der Waals surface area contributed by atoms with Crippen molar-refractivity contribution in [3.05, 3.63) is 17.5 Å². The minimum atomic E-state index is -1.06. The maximum absolute atomic E-state index is 12.0. The van der Waals surface area contributed by atoms with Gasteiger partial charge in [-0.25, -0.2) is 4.79 Å². The predicted molar refractivity (Wildman–Crippen MR) is 66.8 cm³/mol. The van der Waals surface area contributed by atoms with E-state index in [0.717, 1.165) is 12.8 Å². The van der Waals surface area contributed by atoms with E-state index < -0.39 is 23.3 Å². The van der Waals surface area contributed by atoms with E-state index in [-0.39, 0.29) is 5.69 Å². The molecule has 1 fully saturated rings. The number of nitrogens with one attached hydrogen (secondary N) is 1. The van der Waals surface area contributed by atoms with Crippen LogP contribution in [-0.2, 0) is 4.79 Å². The van der Waals surface area contributed by atoms with E-state index in [1.54, 1.807) is 26.8 Å². The third-order valence-corrected chi connectivity index (χ3v) is 3.13. The average Bonchev–Trinajstić information content (AvgIpc) is 3.02. The number of nitrogens with zero attached hydrogens (tertiary/aromatic N) is 1. The Morgan fingerprint density at radius 1 is 1.47 bits per heavy atom. The largest absolute Gasteiger partial charge is 0.480 e. The number of carboxylic acids is 1. The molecule has 0 bridgehead atoms. The molecule has 0 aromatic carbocycles. The SMILES string of the molecule is CC(C)(C)[C@H](NC(=O)c1cc(C2CC2)on1)C(=O)O. The van der Waals surface area contributed by atoms with E-state index in [9.17, 15) is 9.59 Å². The van der Waals surface area contributed by atoms with Crippen LogP contribution in [0, 0.1) is 5.41 Å². The molecule has 6 heteroatoms. The average molecular weight is 266 g/mol. The Hall–Kier alpha value is -1.85. The van der Waals surface area contributed by atoms with E-state index in [4.69, 9.17) is 9.63 Å². The summed E-state index contributed by atoms with van der Waals surface area (Å²) in [6.07, 6.45) is 2.10. The smallest absolute Gasteiger partial charge is 0.326 e. The Balaban J connectivity index is 2.07. The van der Waals surface area contributed by atoms with Gasteiger partial charge in [0.2, 0.25) is 0 Å². The van der Waals surface area contributed by atoms with E-state index in [2.05, 4.69) is 10.5 Å². The van der Waals surface area contributed by atoms with Gasteiger partial charge in [-0.05, 0) is 18.3 Å². The molecule has 0 spiro atoms. The van der Waals surface area contributed by atoms with Crippen LogP contribution in [0.1, 0.15) is 55.8 Å². The Bertz CT molecular complexity index is 497. The van der Waals surface area contributed by atoms with Crippen molar-refractivity contribution >= 4 is 11.9 Å². The van der Waals surface area contributed by atoms with Gasteiger partial charge < -0.3 is 14.9 Å². The predicted octanol–water partition coefficient (Wildman–Crippen LogP) is 1.78. The van der Waals surface area contributed by atoms with Crippen LogP contribution in [-0.4, -0.2) is 28.2 Å². The number of hydrogen-bond donors (Lipinski definition) is 2. The highest BCUT2D eigenvalue weighted by Crippen LogP contribution is 2.40. The van der Waals surface area contributed by atoms with Crippen molar-refractivity contribution < 1.29 is 19.2 Å². The molecule has 0 unspecified atom stereocenters. The summed E-state index contributed by atoms with van der Waals surface area (Å²) >= 11 is 0. The topological polar surface area (TPSA) is 92.4 Å². The first-order chi connectivity index (χ1) is 8.79. The summed E-state index contributed by atoms with van der Waals surface area (Å²) in [5.41, 5.74) is -0.442. The summed E-state index contributed by atoms with van der Waals surface area (Å²) in [7, 11) is 0. The van der Waals surface area contributed by atoms with Crippen LogP contribution in [0.4, 0.5) is 0 Å². The lowest BCUT2D eigenvalue weighted by Crippen LogP contribution is -2.49. The van der Waals surface area contributed by atoms with Crippen LogP contribution in [0.25, 0.3) is 0 Å². The van der Waals surface area contributed by atoms with Crippen LogP contribution < -0.4 is 5.32 Å². The summed E-state index contributed by atoms with van der Waals surface area (Å²) in [4.78, 5) is 23.1. The molecule has 1 aliphatic rings. The van der Waals surface area contributed by atoms with Gasteiger partial charge in [0.05, 0.1) is 0 Å². The zero-order valence-corrected chi connectivity index (χ0v) is 11.3. The van der Waals surface area contributed by atoms with Crippen LogP contribution >= 0.6 is 0 Å². The molecule has 6 nitrogen and oxygen atoms in total. The van der Waals surface area contributed by atoms with Gasteiger partial charge in [-0.1, -0.05) is 25.9 Å². The molecule has 1 aliphatic carbocycles. The maximum Gasteiger partial charge on any atom is 0.326 e. The van der Waals surface area contributed by atoms with Gasteiger partial charge in [0, 0.05) is 12.0 Å². The lowest BCUT2D eigenvalue weighted by molar-refractivity contribution is -0.142. The van der Waals surface area contributed by atoms with Crippen LogP contribution in [0.5, 0.6) is 0 Å². The quantitative estimate of drug-likeness (QED) is 0.866. The molecule has 0 radical (unpaired) electrons. The van der Waals surface area contributed by atoms with Gasteiger partial charge in [0.25, 0.3) is 5.91 Å². The van der Waals surface area contributed by atoms with Crippen molar-refractivity contribution in [2.45, 2.75) is 45.6 Å². The third-order valence-electron chi connectivity index (χ3n) is 3.13. The van der Waals surface area contributed by atoms with E-state index >= 15 is 0 Å². The first-order valence-electron chi connectivity index (χ1n) is 6.29.